The summed E-state index contributed by atoms with van der Waals surface area (Å²) in [6.45, 7) is -0.423. The second-order valence-corrected chi connectivity index (χ2v) is 4.68. The summed E-state index contributed by atoms with van der Waals surface area (Å²) in [5.41, 5.74) is 5.92. The second-order valence-electron chi connectivity index (χ2n) is 4.68. The minimum Gasteiger partial charge on any atom is -0.394 e. The first kappa shape index (κ1) is 13.1. The molecule has 0 amide bonds. The first-order valence-electron chi connectivity index (χ1n) is 6.02. The Bertz CT molecular complexity index is 696. The Morgan fingerprint density at radius 3 is 2.80 bits per heavy atom. The van der Waals surface area contributed by atoms with E-state index < -0.39 is 36.6 Å². The summed E-state index contributed by atoms with van der Waals surface area (Å²) in [7, 11) is 0. The summed E-state index contributed by atoms with van der Waals surface area (Å²) in [5, 5.41) is 28.8. The maximum Gasteiger partial charge on any atom is 0.276 e. The molecular weight excluding hydrogens is 268 g/mol. The van der Waals surface area contributed by atoms with Gasteiger partial charge < -0.3 is 30.8 Å². The molecule has 20 heavy (non-hydrogen) atoms. The quantitative estimate of drug-likeness (QED) is 0.371. The van der Waals surface area contributed by atoms with Crippen molar-refractivity contribution in [2.75, 3.05) is 12.3 Å². The van der Waals surface area contributed by atoms with Crippen molar-refractivity contribution in [1.29, 1.82) is 0 Å². The topological polar surface area (TPSA) is 157 Å². The van der Waals surface area contributed by atoms with Gasteiger partial charge in [0.25, 0.3) is 5.56 Å². The predicted molar refractivity (Wildman–Crippen MR) is 67.8 cm³/mol. The van der Waals surface area contributed by atoms with Crippen LogP contribution in [0.4, 0.5) is 5.95 Å². The van der Waals surface area contributed by atoms with Gasteiger partial charge in [0.1, 0.15) is 35.4 Å². The van der Waals surface area contributed by atoms with Crippen LogP contribution in [0, 0.1) is 0 Å². The molecule has 0 radical (unpaired) electrons. The molecule has 9 nitrogen and oxygen atoms in total. The SMILES string of the molecule is Nc1nc2c([C@@H]3O[C@H](CO)[C@@H](O)[C@@H]3O)c[nH]c2c(=O)[nH]1. The smallest absolute Gasteiger partial charge is 0.276 e. The number of hydrogen-bond acceptors (Lipinski definition) is 7. The molecule has 0 bridgehead atoms. The normalized spacial score (nSPS) is 30.1. The van der Waals surface area contributed by atoms with E-state index in [0.29, 0.717) is 5.56 Å². The zero-order valence-electron chi connectivity index (χ0n) is 10.3. The number of aromatic nitrogens is 3. The molecule has 7 N–H and O–H groups in total. The van der Waals surface area contributed by atoms with Gasteiger partial charge in [-0.1, -0.05) is 0 Å². The van der Waals surface area contributed by atoms with Gasteiger partial charge in [0.05, 0.1) is 6.61 Å². The van der Waals surface area contributed by atoms with Crippen LogP contribution in [0.3, 0.4) is 0 Å². The maximum atomic E-state index is 11.7. The van der Waals surface area contributed by atoms with E-state index in [1.807, 2.05) is 0 Å². The van der Waals surface area contributed by atoms with Crippen LogP contribution < -0.4 is 11.3 Å². The van der Waals surface area contributed by atoms with Crippen molar-refractivity contribution in [2.45, 2.75) is 24.4 Å². The highest BCUT2D eigenvalue weighted by molar-refractivity contribution is 5.79. The van der Waals surface area contributed by atoms with Crippen molar-refractivity contribution < 1.29 is 20.1 Å². The number of hydrogen-bond donors (Lipinski definition) is 6. The maximum absolute atomic E-state index is 11.7. The first-order valence-corrected chi connectivity index (χ1v) is 6.02. The average Bonchev–Trinajstić information content (AvgIpc) is 2.93. The molecule has 9 heteroatoms. The van der Waals surface area contributed by atoms with Crippen LogP contribution in [0.15, 0.2) is 11.0 Å². The molecule has 0 saturated carbocycles. The van der Waals surface area contributed by atoms with Crippen LogP contribution in [0.2, 0.25) is 0 Å². The number of rotatable bonds is 2. The number of nitrogens with zero attached hydrogens (tertiary/aromatic N) is 1. The molecule has 3 heterocycles. The van der Waals surface area contributed by atoms with Gasteiger partial charge in [-0.3, -0.25) is 9.78 Å². The van der Waals surface area contributed by atoms with Crippen molar-refractivity contribution in [2.24, 2.45) is 0 Å². The van der Waals surface area contributed by atoms with Gasteiger partial charge in [-0.2, -0.15) is 0 Å². The van der Waals surface area contributed by atoms with Gasteiger partial charge in [0.15, 0.2) is 0 Å². The molecule has 0 unspecified atom stereocenters. The Balaban J connectivity index is 2.09. The number of nitrogen functional groups attached to an aromatic ring is 1. The van der Waals surface area contributed by atoms with Gasteiger partial charge in [0.2, 0.25) is 5.95 Å². The number of nitrogens with one attached hydrogen (secondary N) is 2. The van der Waals surface area contributed by atoms with E-state index in [2.05, 4.69) is 15.0 Å². The highest BCUT2D eigenvalue weighted by Gasteiger charge is 2.44. The van der Waals surface area contributed by atoms with Crippen LogP contribution in [-0.4, -0.2) is 55.2 Å². The third kappa shape index (κ3) is 1.79. The highest BCUT2D eigenvalue weighted by Crippen LogP contribution is 2.35. The lowest BCUT2D eigenvalue weighted by Gasteiger charge is -2.13. The number of fused-ring (bicyclic) bond motifs is 1. The van der Waals surface area contributed by atoms with Crippen LogP contribution in [0.25, 0.3) is 11.0 Å². The largest absolute Gasteiger partial charge is 0.394 e. The lowest BCUT2D eigenvalue weighted by atomic mass is 10.0. The Morgan fingerprint density at radius 2 is 2.15 bits per heavy atom. The molecule has 1 aliphatic rings. The zero-order chi connectivity index (χ0) is 14.4. The van der Waals surface area contributed by atoms with E-state index in [-0.39, 0.29) is 17.0 Å². The zero-order valence-corrected chi connectivity index (χ0v) is 10.3. The van der Waals surface area contributed by atoms with E-state index >= 15 is 0 Å². The predicted octanol–water partition coefficient (Wildman–Crippen LogP) is -2.01. The monoisotopic (exact) mass is 282 g/mol. The number of nitrogens with two attached hydrogens (primary N) is 1. The number of ether oxygens (including phenoxy) is 1. The standard InChI is InChI=1S/C11H14N4O5/c12-11-14-5-3(1-13-6(5)10(19)15-11)9-8(18)7(17)4(2-16)20-9/h1,4,7-9,13,16-18H,2H2,(H3,12,14,15,19)/t4-,7-,8+,9+/m1/s1. The van der Waals surface area contributed by atoms with Crippen LogP contribution in [0.5, 0.6) is 0 Å². The van der Waals surface area contributed by atoms with Crippen molar-refractivity contribution in [3.8, 4) is 0 Å². The van der Waals surface area contributed by atoms with Gasteiger partial charge >= 0.3 is 0 Å². The van der Waals surface area contributed by atoms with E-state index in [1.165, 1.54) is 6.20 Å². The van der Waals surface area contributed by atoms with Crippen molar-refractivity contribution in [1.82, 2.24) is 15.0 Å². The number of aliphatic hydroxyl groups is 3. The molecule has 2 aromatic rings. The summed E-state index contributed by atoms with van der Waals surface area (Å²) in [4.78, 5) is 20.8. The Hall–Kier alpha value is -1.94. The Morgan fingerprint density at radius 1 is 1.40 bits per heavy atom. The highest BCUT2D eigenvalue weighted by atomic mass is 16.6. The number of anilines is 1. The molecule has 1 aliphatic heterocycles. The molecule has 108 valence electrons. The number of aliphatic hydroxyl groups excluding tert-OH is 3. The Kier molecular flexibility index (Phi) is 2.98. The van der Waals surface area contributed by atoms with Crippen LogP contribution in [0.1, 0.15) is 11.7 Å². The fraction of sp³-hybridized carbons (Fsp3) is 0.455. The van der Waals surface area contributed by atoms with Crippen LogP contribution in [-0.2, 0) is 4.74 Å². The minimum absolute atomic E-state index is 0.0601. The molecule has 0 aromatic carbocycles. The summed E-state index contributed by atoms with van der Waals surface area (Å²) >= 11 is 0. The molecule has 3 rings (SSSR count). The fourth-order valence-electron chi connectivity index (χ4n) is 2.43. The number of H-pyrrole nitrogens is 2. The van der Waals surface area contributed by atoms with Gasteiger partial charge in [-0.25, -0.2) is 4.98 Å². The fourth-order valence-corrected chi connectivity index (χ4v) is 2.43. The van der Waals surface area contributed by atoms with Crippen molar-refractivity contribution in [3.05, 3.63) is 22.1 Å². The Labute approximate surface area is 112 Å². The van der Waals surface area contributed by atoms with Crippen molar-refractivity contribution >= 4 is 17.0 Å². The molecule has 1 fully saturated rings. The van der Waals surface area contributed by atoms with Crippen molar-refractivity contribution in [3.63, 3.8) is 0 Å². The molecule has 1 saturated heterocycles. The molecule has 2 aromatic heterocycles. The molecule has 4 atom stereocenters. The summed E-state index contributed by atoms with van der Waals surface area (Å²) < 4.78 is 5.40. The van der Waals surface area contributed by atoms with E-state index in [4.69, 9.17) is 15.6 Å². The third-order valence-corrected chi connectivity index (χ3v) is 3.43. The lowest BCUT2D eigenvalue weighted by Crippen LogP contribution is -2.32. The van der Waals surface area contributed by atoms with Gasteiger partial charge in [0, 0.05) is 11.8 Å². The van der Waals surface area contributed by atoms with Crippen LogP contribution >= 0.6 is 0 Å². The van der Waals surface area contributed by atoms with Gasteiger partial charge in [-0.15, -0.1) is 0 Å². The third-order valence-electron chi connectivity index (χ3n) is 3.43. The van der Waals surface area contributed by atoms with E-state index in [1.54, 1.807) is 0 Å². The lowest BCUT2D eigenvalue weighted by molar-refractivity contribution is -0.0224. The van der Waals surface area contributed by atoms with Gasteiger partial charge in [-0.05, 0) is 0 Å². The first-order chi connectivity index (χ1) is 9.52. The van der Waals surface area contributed by atoms with E-state index in [0.717, 1.165) is 0 Å². The molecule has 0 spiro atoms. The average molecular weight is 282 g/mol. The molecular formula is C11H14N4O5. The minimum atomic E-state index is -1.23. The summed E-state index contributed by atoms with van der Waals surface area (Å²) in [5.74, 6) is -0.0601. The second kappa shape index (κ2) is 4.56. The summed E-state index contributed by atoms with van der Waals surface area (Å²) in [6, 6.07) is 0. The number of aromatic amines is 2. The van der Waals surface area contributed by atoms with E-state index in [9.17, 15) is 15.0 Å². The molecule has 0 aliphatic carbocycles. The summed E-state index contributed by atoms with van der Waals surface area (Å²) in [6.07, 6.45) is -2.76.